The van der Waals surface area contributed by atoms with Crippen LogP contribution in [0.3, 0.4) is 0 Å². The van der Waals surface area contributed by atoms with Crippen molar-refractivity contribution in [3.63, 3.8) is 0 Å². The molecule has 0 heterocycles. The van der Waals surface area contributed by atoms with Crippen molar-refractivity contribution in [2.45, 2.75) is 123 Å². The van der Waals surface area contributed by atoms with Crippen LogP contribution in [0.2, 0.25) is 0 Å². The SMILES string of the molecule is CCCCCCCCCCCCCCCC(CCCC)C(=O)C(=O)O. The summed E-state index contributed by atoms with van der Waals surface area (Å²) in [5.41, 5.74) is 0. The predicted octanol–water partition coefficient (Wildman–Crippen LogP) is 6.93. The first kappa shape index (κ1) is 24.1. The van der Waals surface area contributed by atoms with Crippen molar-refractivity contribution in [2.75, 3.05) is 0 Å². The molecular formula is C22H42O3. The van der Waals surface area contributed by atoms with E-state index in [-0.39, 0.29) is 5.92 Å². The minimum Gasteiger partial charge on any atom is -0.475 e. The molecule has 0 spiro atoms. The zero-order valence-corrected chi connectivity index (χ0v) is 16.9. The molecule has 0 aliphatic heterocycles. The van der Waals surface area contributed by atoms with E-state index in [4.69, 9.17) is 5.11 Å². The Balaban J connectivity index is 3.50. The average Bonchev–Trinajstić information content (AvgIpc) is 2.60. The first-order chi connectivity index (χ1) is 12.1. The van der Waals surface area contributed by atoms with Gasteiger partial charge in [-0.1, -0.05) is 110 Å². The third-order valence-electron chi connectivity index (χ3n) is 5.14. The molecule has 0 aliphatic carbocycles. The molecule has 0 aliphatic rings. The number of carbonyl (C=O) groups is 2. The van der Waals surface area contributed by atoms with Gasteiger partial charge in [0.2, 0.25) is 5.78 Å². The number of aliphatic carboxylic acids is 1. The quantitative estimate of drug-likeness (QED) is 0.202. The summed E-state index contributed by atoms with van der Waals surface area (Å²) in [5, 5.41) is 8.91. The Labute approximate surface area is 156 Å². The summed E-state index contributed by atoms with van der Waals surface area (Å²) in [4.78, 5) is 22.6. The van der Waals surface area contributed by atoms with Gasteiger partial charge in [0.1, 0.15) is 0 Å². The number of unbranched alkanes of at least 4 members (excludes halogenated alkanes) is 13. The van der Waals surface area contributed by atoms with Crippen LogP contribution in [0.1, 0.15) is 123 Å². The highest BCUT2D eigenvalue weighted by Gasteiger charge is 2.23. The molecule has 1 atom stereocenters. The zero-order valence-electron chi connectivity index (χ0n) is 16.9. The Bertz CT molecular complexity index is 325. The van der Waals surface area contributed by atoms with Gasteiger partial charge < -0.3 is 5.11 Å². The van der Waals surface area contributed by atoms with Crippen molar-refractivity contribution in [1.29, 1.82) is 0 Å². The number of carboxylic acid groups (broad SMARTS) is 1. The first-order valence-electron chi connectivity index (χ1n) is 10.9. The second-order valence-corrected chi connectivity index (χ2v) is 7.54. The van der Waals surface area contributed by atoms with E-state index < -0.39 is 11.8 Å². The number of hydrogen-bond acceptors (Lipinski definition) is 2. The number of carbonyl (C=O) groups excluding carboxylic acids is 1. The molecule has 0 saturated heterocycles. The van der Waals surface area contributed by atoms with Crippen molar-refractivity contribution >= 4 is 11.8 Å². The Morgan fingerprint density at radius 2 is 0.960 bits per heavy atom. The minimum absolute atomic E-state index is 0.259. The van der Waals surface area contributed by atoms with Gasteiger partial charge in [0.05, 0.1) is 0 Å². The van der Waals surface area contributed by atoms with Crippen molar-refractivity contribution in [2.24, 2.45) is 5.92 Å². The van der Waals surface area contributed by atoms with Gasteiger partial charge in [-0.15, -0.1) is 0 Å². The number of Topliss-reactive ketones (excluding diaryl/α,β-unsaturated/α-hetero) is 1. The number of ketones is 1. The lowest BCUT2D eigenvalue weighted by Gasteiger charge is -2.12. The van der Waals surface area contributed by atoms with Gasteiger partial charge in [-0.05, 0) is 12.8 Å². The van der Waals surface area contributed by atoms with E-state index >= 15 is 0 Å². The Hall–Kier alpha value is -0.860. The van der Waals surface area contributed by atoms with E-state index in [1.54, 1.807) is 0 Å². The highest BCUT2D eigenvalue weighted by Crippen LogP contribution is 2.19. The molecule has 0 aromatic carbocycles. The fourth-order valence-electron chi connectivity index (χ4n) is 3.44. The minimum atomic E-state index is -1.25. The maximum absolute atomic E-state index is 11.7. The number of hydrogen-bond donors (Lipinski definition) is 1. The monoisotopic (exact) mass is 354 g/mol. The van der Waals surface area contributed by atoms with Crippen LogP contribution in [0.5, 0.6) is 0 Å². The molecule has 0 aromatic heterocycles. The van der Waals surface area contributed by atoms with Crippen LogP contribution in [0.25, 0.3) is 0 Å². The summed E-state index contributed by atoms with van der Waals surface area (Å²) < 4.78 is 0. The van der Waals surface area contributed by atoms with Gasteiger partial charge in [0.25, 0.3) is 0 Å². The molecular weight excluding hydrogens is 312 g/mol. The lowest BCUT2D eigenvalue weighted by Crippen LogP contribution is -2.23. The van der Waals surface area contributed by atoms with Crippen LogP contribution in [-0.2, 0) is 9.59 Å². The Morgan fingerprint density at radius 1 is 0.600 bits per heavy atom. The highest BCUT2D eigenvalue weighted by atomic mass is 16.4. The van der Waals surface area contributed by atoms with E-state index in [1.807, 2.05) is 0 Å². The second kappa shape index (κ2) is 17.9. The maximum atomic E-state index is 11.7. The summed E-state index contributed by atoms with van der Waals surface area (Å²) >= 11 is 0. The largest absolute Gasteiger partial charge is 0.475 e. The van der Waals surface area contributed by atoms with Crippen LogP contribution in [0.4, 0.5) is 0 Å². The van der Waals surface area contributed by atoms with Gasteiger partial charge >= 0.3 is 5.97 Å². The van der Waals surface area contributed by atoms with E-state index in [1.165, 1.54) is 70.6 Å². The van der Waals surface area contributed by atoms with Gasteiger partial charge in [0.15, 0.2) is 0 Å². The topological polar surface area (TPSA) is 54.4 Å². The van der Waals surface area contributed by atoms with Gasteiger partial charge in [-0.2, -0.15) is 0 Å². The molecule has 0 fully saturated rings. The Kier molecular flexibility index (Phi) is 17.3. The zero-order chi connectivity index (χ0) is 18.8. The standard InChI is InChI=1S/C22H42O3/c1-3-5-7-8-9-10-11-12-13-14-15-16-17-19-20(18-6-4-2)21(23)22(24)25/h20H,3-19H2,1-2H3,(H,24,25). The van der Waals surface area contributed by atoms with E-state index in [9.17, 15) is 9.59 Å². The summed E-state index contributed by atoms with van der Waals surface area (Å²) in [7, 11) is 0. The first-order valence-corrected chi connectivity index (χ1v) is 10.9. The molecule has 0 rings (SSSR count). The van der Waals surface area contributed by atoms with E-state index in [2.05, 4.69) is 13.8 Å². The fourth-order valence-corrected chi connectivity index (χ4v) is 3.44. The molecule has 0 saturated carbocycles. The number of carboxylic acids is 1. The maximum Gasteiger partial charge on any atom is 0.372 e. The van der Waals surface area contributed by atoms with Crippen LogP contribution in [0, 0.1) is 5.92 Å². The second-order valence-electron chi connectivity index (χ2n) is 7.54. The fraction of sp³-hybridized carbons (Fsp3) is 0.909. The third-order valence-corrected chi connectivity index (χ3v) is 5.14. The molecule has 25 heavy (non-hydrogen) atoms. The predicted molar refractivity (Wildman–Crippen MR) is 106 cm³/mol. The molecule has 0 radical (unpaired) electrons. The molecule has 0 amide bonds. The van der Waals surface area contributed by atoms with Gasteiger partial charge in [0, 0.05) is 5.92 Å². The van der Waals surface area contributed by atoms with E-state index in [0.29, 0.717) is 0 Å². The summed E-state index contributed by atoms with van der Waals surface area (Å²) in [6.07, 6.45) is 20.4. The summed E-state index contributed by atoms with van der Waals surface area (Å²) in [6, 6.07) is 0. The van der Waals surface area contributed by atoms with Crippen LogP contribution < -0.4 is 0 Å². The van der Waals surface area contributed by atoms with Crippen molar-refractivity contribution < 1.29 is 14.7 Å². The third kappa shape index (κ3) is 15.1. The van der Waals surface area contributed by atoms with Crippen molar-refractivity contribution in [3.05, 3.63) is 0 Å². The average molecular weight is 355 g/mol. The lowest BCUT2D eigenvalue weighted by molar-refractivity contribution is -0.151. The molecule has 148 valence electrons. The molecule has 3 nitrogen and oxygen atoms in total. The van der Waals surface area contributed by atoms with E-state index in [0.717, 1.165) is 38.5 Å². The summed E-state index contributed by atoms with van der Waals surface area (Å²) in [6.45, 7) is 4.34. The van der Waals surface area contributed by atoms with Crippen molar-refractivity contribution in [1.82, 2.24) is 0 Å². The van der Waals surface area contributed by atoms with Crippen LogP contribution in [0.15, 0.2) is 0 Å². The smallest absolute Gasteiger partial charge is 0.372 e. The molecule has 3 heteroatoms. The van der Waals surface area contributed by atoms with Crippen molar-refractivity contribution in [3.8, 4) is 0 Å². The molecule has 1 unspecified atom stereocenters. The molecule has 0 bridgehead atoms. The summed E-state index contributed by atoms with van der Waals surface area (Å²) in [5.74, 6) is -2.09. The molecule has 0 aromatic rings. The van der Waals surface area contributed by atoms with Crippen LogP contribution in [-0.4, -0.2) is 16.9 Å². The lowest BCUT2D eigenvalue weighted by atomic mass is 9.91. The van der Waals surface area contributed by atoms with Gasteiger partial charge in [-0.25, -0.2) is 4.79 Å². The number of rotatable bonds is 19. The van der Waals surface area contributed by atoms with Crippen LogP contribution >= 0.6 is 0 Å². The normalized spacial score (nSPS) is 12.2. The van der Waals surface area contributed by atoms with Gasteiger partial charge in [-0.3, -0.25) is 4.79 Å². The molecule has 1 N–H and O–H groups in total. The highest BCUT2D eigenvalue weighted by molar-refractivity contribution is 6.33. The Morgan fingerprint density at radius 3 is 1.36 bits per heavy atom.